The fourth-order valence-electron chi connectivity index (χ4n) is 3.89. The van der Waals surface area contributed by atoms with Gasteiger partial charge in [-0.2, -0.15) is 5.26 Å². The maximum Gasteiger partial charge on any atom is 0.0866 e. The molecule has 3 aromatic rings. The molecule has 0 aliphatic heterocycles. The van der Waals surface area contributed by atoms with Crippen molar-refractivity contribution >= 4 is 24.6 Å². The van der Waals surface area contributed by atoms with Gasteiger partial charge in [0, 0.05) is 5.92 Å². The first-order chi connectivity index (χ1) is 13.2. The van der Waals surface area contributed by atoms with E-state index in [0.29, 0.717) is 0 Å². The highest BCUT2D eigenvalue weighted by Crippen LogP contribution is 2.46. The normalized spacial score (nSPS) is 20.9. The molecule has 0 heterocycles. The van der Waals surface area contributed by atoms with Crippen molar-refractivity contribution in [1.29, 1.82) is 5.26 Å². The molecule has 1 aliphatic rings. The van der Waals surface area contributed by atoms with Crippen molar-refractivity contribution in [3.8, 4) is 6.07 Å². The molecule has 0 saturated heterocycles. The number of nitriles is 1. The Morgan fingerprint density at radius 3 is 2.00 bits per heavy atom. The van der Waals surface area contributed by atoms with Crippen LogP contribution in [0.4, 0.5) is 0 Å². The molecule has 132 valence electrons. The molecular weight excluding hydrogens is 345 g/mol. The summed E-state index contributed by atoms with van der Waals surface area (Å²) in [5.41, 5.74) is 1.81. The van der Waals surface area contributed by atoms with Gasteiger partial charge in [0.15, 0.2) is 0 Å². The zero-order chi connectivity index (χ0) is 18.7. The molecule has 0 radical (unpaired) electrons. The van der Waals surface area contributed by atoms with Crippen LogP contribution < -0.4 is 10.6 Å². The van der Waals surface area contributed by atoms with Crippen LogP contribution in [0.2, 0.25) is 0 Å². The lowest BCUT2D eigenvalue weighted by atomic mass is 9.69. The summed E-state index contributed by atoms with van der Waals surface area (Å²) in [6, 6.07) is 32.5. The Labute approximate surface area is 162 Å². The average Bonchev–Trinajstić information content (AvgIpc) is 2.75. The molecular formula is C25H22NP. The number of benzene rings is 3. The van der Waals surface area contributed by atoms with E-state index in [2.05, 4.69) is 97.9 Å². The summed E-state index contributed by atoms with van der Waals surface area (Å²) in [6.45, 7) is 2.10. The maximum atomic E-state index is 10.1. The van der Waals surface area contributed by atoms with E-state index in [0.717, 1.165) is 11.7 Å². The lowest BCUT2D eigenvalue weighted by molar-refractivity contribution is 0.475. The summed E-state index contributed by atoms with van der Waals surface area (Å²) in [6.07, 6.45) is 5.42. The lowest BCUT2D eigenvalue weighted by Gasteiger charge is -2.36. The Bertz CT molecular complexity index is 948. The lowest BCUT2D eigenvalue weighted by Crippen LogP contribution is -2.35. The summed E-state index contributed by atoms with van der Waals surface area (Å²) in [4.78, 5) is 0. The first-order valence-corrected chi connectivity index (χ1v) is 10.8. The predicted molar refractivity (Wildman–Crippen MR) is 116 cm³/mol. The maximum absolute atomic E-state index is 10.1. The van der Waals surface area contributed by atoms with Crippen LogP contribution in [-0.4, -0.2) is 6.16 Å². The highest BCUT2D eigenvalue weighted by molar-refractivity contribution is 7.73. The largest absolute Gasteiger partial charge is 0.197 e. The third-order valence-electron chi connectivity index (χ3n) is 5.52. The Kier molecular flexibility index (Phi) is 4.93. The SMILES string of the molecule is CC1(C#N)c2ccccc2C=CC1CP(c1ccccc1)c1ccccc1. The van der Waals surface area contributed by atoms with Crippen molar-refractivity contribution in [2.75, 3.05) is 6.16 Å². The molecule has 0 amide bonds. The van der Waals surface area contributed by atoms with E-state index in [9.17, 15) is 5.26 Å². The molecule has 0 spiro atoms. The summed E-state index contributed by atoms with van der Waals surface area (Å²) >= 11 is 0. The molecule has 2 atom stereocenters. The van der Waals surface area contributed by atoms with E-state index in [1.54, 1.807) is 0 Å². The van der Waals surface area contributed by atoms with Crippen LogP contribution in [0.15, 0.2) is 91.0 Å². The van der Waals surface area contributed by atoms with Crippen molar-refractivity contribution in [2.24, 2.45) is 5.92 Å². The van der Waals surface area contributed by atoms with Crippen molar-refractivity contribution in [2.45, 2.75) is 12.3 Å². The second-order valence-electron chi connectivity index (χ2n) is 7.15. The molecule has 1 nitrogen and oxygen atoms in total. The highest BCUT2D eigenvalue weighted by Gasteiger charge is 2.39. The van der Waals surface area contributed by atoms with Gasteiger partial charge in [0.2, 0.25) is 0 Å². The Morgan fingerprint density at radius 2 is 1.41 bits per heavy atom. The fourth-order valence-corrected chi connectivity index (χ4v) is 6.55. The summed E-state index contributed by atoms with van der Waals surface area (Å²) in [5, 5.41) is 12.9. The van der Waals surface area contributed by atoms with Gasteiger partial charge in [0.25, 0.3) is 0 Å². The van der Waals surface area contributed by atoms with E-state index >= 15 is 0 Å². The third kappa shape index (κ3) is 3.34. The number of rotatable bonds is 4. The van der Waals surface area contributed by atoms with Gasteiger partial charge in [-0.15, -0.1) is 0 Å². The van der Waals surface area contributed by atoms with Gasteiger partial charge in [-0.25, -0.2) is 0 Å². The second-order valence-corrected chi connectivity index (χ2v) is 9.40. The number of hydrogen-bond acceptors (Lipinski definition) is 1. The Morgan fingerprint density at radius 1 is 0.852 bits per heavy atom. The zero-order valence-corrected chi connectivity index (χ0v) is 16.3. The summed E-state index contributed by atoms with van der Waals surface area (Å²) < 4.78 is 0. The quantitative estimate of drug-likeness (QED) is 0.578. The zero-order valence-electron chi connectivity index (χ0n) is 15.4. The van der Waals surface area contributed by atoms with E-state index < -0.39 is 13.3 Å². The predicted octanol–water partition coefficient (Wildman–Crippen LogP) is 5.24. The number of fused-ring (bicyclic) bond motifs is 1. The molecule has 3 aromatic carbocycles. The molecule has 0 fully saturated rings. The van der Waals surface area contributed by atoms with Gasteiger partial charge in [0.05, 0.1) is 11.5 Å². The highest BCUT2D eigenvalue weighted by atomic mass is 31.1. The first kappa shape index (κ1) is 17.7. The van der Waals surface area contributed by atoms with E-state index in [-0.39, 0.29) is 5.92 Å². The van der Waals surface area contributed by atoms with Gasteiger partial charge in [-0.05, 0) is 42.7 Å². The minimum atomic E-state index is -0.530. The second kappa shape index (κ2) is 7.51. The minimum Gasteiger partial charge on any atom is -0.197 e. The smallest absolute Gasteiger partial charge is 0.0866 e. The van der Waals surface area contributed by atoms with Crippen LogP contribution in [-0.2, 0) is 5.41 Å². The number of allylic oxidation sites excluding steroid dienone is 1. The third-order valence-corrected chi connectivity index (χ3v) is 8.12. The molecule has 2 unspecified atom stereocenters. The van der Waals surface area contributed by atoms with Crippen LogP contribution in [0.1, 0.15) is 18.1 Å². The van der Waals surface area contributed by atoms with Gasteiger partial charge >= 0.3 is 0 Å². The Balaban J connectivity index is 1.75. The molecule has 0 bridgehead atoms. The summed E-state index contributed by atoms with van der Waals surface area (Å²) in [7, 11) is -0.530. The van der Waals surface area contributed by atoms with Crippen LogP contribution in [0.5, 0.6) is 0 Å². The number of nitrogens with zero attached hydrogens (tertiary/aromatic N) is 1. The van der Waals surface area contributed by atoms with E-state index in [1.807, 2.05) is 12.1 Å². The van der Waals surface area contributed by atoms with Gasteiger partial charge in [-0.3, -0.25) is 0 Å². The monoisotopic (exact) mass is 367 g/mol. The molecule has 0 aromatic heterocycles. The van der Waals surface area contributed by atoms with E-state index in [1.165, 1.54) is 16.2 Å². The minimum absolute atomic E-state index is 0.184. The molecule has 0 N–H and O–H groups in total. The van der Waals surface area contributed by atoms with Crippen molar-refractivity contribution < 1.29 is 0 Å². The number of hydrogen-bond donors (Lipinski definition) is 0. The molecule has 4 rings (SSSR count). The Hall–Kier alpha value is -2.68. The van der Waals surface area contributed by atoms with Crippen molar-refractivity contribution in [1.82, 2.24) is 0 Å². The van der Waals surface area contributed by atoms with Gasteiger partial charge in [-0.1, -0.05) is 97.1 Å². The first-order valence-electron chi connectivity index (χ1n) is 9.29. The topological polar surface area (TPSA) is 23.8 Å². The van der Waals surface area contributed by atoms with Crippen molar-refractivity contribution in [3.63, 3.8) is 0 Å². The molecule has 2 heteroatoms. The van der Waals surface area contributed by atoms with Gasteiger partial charge in [0.1, 0.15) is 0 Å². The fraction of sp³-hybridized carbons (Fsp3) is 0.160. The van der Waals surface area contributed by atoms with Gasteiger partial charge < -0.3 is 0 Å². The molecule has 1 aliphatic carbocycles. The molecule has 27 heavy (non-hydrogen) atoms. The van der Waals surface area contributed by atoms with Crippen LogP contribution in [0.3, 0.4) is 0 Å². The van der Waals surface area contributed by atoms with Crippen LogP contribution >= 0.6 is 7.92 Å². The molecule has 0 saturated carbocycles. The van der Waals surface area contributed by atoms with Crippen molar-refractivity contribution in [3.05, 3.63) is 102 Å². The van der Waals surface area contributed by atoms with Crippen LogP contribution in [0.25, 0.3) is 6.08 Å². The average molecular weight is 367 g/mol. The van der Waals surface area contributed by atoms with E-state index in [4.69, 9.17) is 0 Å². The standard InChI is InChI=1S/C25H22NP/c1-25(19-26)21(17-16-20-10-8-9-15-24(20)25)18-27(22-11-4-2-5-12-22)23-13-6-3-7-14-23/h2-17,21H,18H2,1H3. The summed E-state index contributed by atoms with van der Waals surface area (Å²) in [5.74, 6) is 0.184. The van der Waals surface area contributed by atoms with Crippen LogP contribution in [0, 0.1) is 17.2 Å².